The van der Waals surface area contributed by atoms with Crippen LogP contribution in [0, 0.1) is 17.5 Å². The van der Waals surface area contributed by atoms with Crippen molar-refractivity contribution in [2.45, 2.75) is 136 Å². The van der Waals surface area contributed by atoms with Crippen LogP contribution >= 0.6 is 0 Å². The first-order valence-corrected chi connectivity index (χ1v) is 34.1. The summed E-state index contributed by atoms with van der Waals surface area (Å²) in [4.78, 5) is 44.4. The van der Waals surface area contributed by atoms with Gasteiger partial charge in [-0.05, 0) is 219 Å². The molecule has 3 aromatic heterocycles. The minimum absolute atomic E-state index is 0.0697. The Labute approximate surface area is 562 Å². The van der Waals surface area contributed by atoms with Crippen LogP contribution < -0.4 is 28.4 Å². The summed E-state index contributed by atoms with van der Waals surface area (Å²) in [5, 5.41) is 2.91. The van der Waals surface area contributed by atoms with Gasteiger partial charge in [0.25, 0.3) is 0 Å². The van der Waals surface area contributed by atoms with E-state index in [4.69, 9.17) is 28.4 Å². The van der Waals surface area contributed by atoms with E-state index in [1.165, 1.54) is 36.4 Å². The molecule has 3 saturated heterocycles. The number of ether oxygens (including phenoxy) is 6. The first-order valence-electron chi connectivity index (χ1n) is 34.1. The van der Waals surface area contributed by atoms with E-state index >= 15 is 0 Å². The Bertz CT molecular complexity index is 3970. The Morgan fingerprint density at radius 2 is 0.708 bits per heavy atom. The van der Waals surface area contributed by atoms with Crippen molar-refractivity contribution in [3.63, 3.8) is 0 Å². The van der Waals surface area contributed by atoms with Gasteiger partial charge < -0.3 is 56.8 Å². The number of rotatable bonds is 27. The molecule has 3 aliphatic heterocycles. The molecule has 18 heteroatoms. The predicted molar refractivity (Wildman–Crippen MR) is 373 cm³/mol. The Kier molecular flexibility index (Phi) is 25.2. The number of methoxy groups -OCH3 is 3. The molecule has 0 radical (unpaired) electrons. The van der Waals surface area contributed by atoms with Crippen molar-refractivity contribution in [2.75, 3.05) is 80.2 Å². The number of hydrogen-bond donors (Lipinski definition) is 0. The molecule has 9 aromatic rings. The molecule has 0 saturated carbocycles. The van der Waals surface area contributed by atoms with E-state index in [2.05, 4.69) is 41.4 Å². The van der Waals surface area contributed by atoms with Crippen LogP contribution in [0.3, 0.4) is 0 Å². The summed E-state index contributed by atoms with van der Waals surface area (Å²) in [6.07, 6.45) is 17.9. The molecule has 0 atom stereocenters. The van der Waals surface area contributed by atoms with Crippen LogP contribution in [0.1, 0.15) is 129 Å². The number of Topliss-reactive ketones (excluding diaryl/α,β-unsaturated/α-hetero) is 3. The number of piperidine rings is 3. The summed E-state index contributed by atoms with van der Waals surface area (Å²) in [5.41, 5.74) is 5.51. The van der Waals surface area contributed by atoms with Gasteiger partial charge in [0.1, 0.15) is 70.3 Å². The molecular weight excluding hydrogens is 1220 g/mol. The van der Waals surface area contributed by atoms with Crippen LogP contribution in [-0.4, -0.2) is 144 Å². The van der Waals surface area contributed by atoms with E-state index in [1.54, 1.807) is 71.6 Å². The van der Waals surface area contributed by atoms with E-state index in [0.29, 0.717) is 6.42 Å². The topological polar surface area (TPSA) is 131 Å². The molecule has 0 N–H and O–H groups in total. The summed E-state index contributed by atoms with van der Waals surface area (Å²) >= 11 is 0. The average molecular weight is 1320 g/mol. The molecule has 0 bridgehead atoms. The Balaban J connectivity index is 0.000000157. The van der Waals surface area contributed by atoms with E-state index in [1.807, 2.05) is 67.1 Å². The monoisotopic (exact) mass is 1310 g/mol. The maximum Gasteiger partial charge on any atom is 0.165 e. The van der Waals surface area contributed by atoms with Gasteiger partial charge in [-0.2, -0.15) is 0 Å². The molecule has 3 fully saturated rings. The minimum Gasteiger partial charge on any atom is -0.497 e. The molecule has 0 aliphatic carbocycles. The lowest BCUT2D eigenvalue weighted by atomic mass is 10.0. The smallest absolute Gasteiger partial charge is 0.165 e. The van der Waals surface area contributed by atoms with Gasteiger partial charge in [0.15, 0.2) is 17.3 Å². The molecule has 0 spiro atoms. The van der Waals surface area contributed by atoms with Gasteiger partial charge >= 0.3 is 0 Å². The second-order valence-corrected chi connectivity index (χ2v) is 25.4. The third-order valence-electron chi connectivity index (χ3n) is 18.7. The second kappa shape index (κ2) is 34.4. The van der Waals surface area contributed by atoms with Crippen LogP contribution in [0.5, 0.6) is 34.5 Å². The molecule has 96 heavy (non-hydrogen) atoms. The van der Waals surface area contributed by atoms with Gasteiger partial charge in [-0.15, -0.1) is 0 Å². The summed E-state index contributed by atoms with van der Waals surface area (Å²) in [6.45, 7) is 16.9. The fraction of sp³-hybridized carbons (Fsp3) is 0.423. The van der Waals surface area contributed by atoms with Crippen molar-refractivity contribution in [3.8, 4) is 34.5 Å². The van der Waals surface area contributed by atoms with Gasteiger partial charge in [-0.1, -0.05) is 13.3 Å². The third kappa shape index (κ3) is 19.1. The average Bonchev–Trinajstić information content (AvgIpc) is 1.66. The van der Waals surface area contributed by atoms with Crippen LogP contribution in [0.2, 0.25) is 0 Å². The molecule has 0 unspecified atom stereocenters. The molecule has 510 valence electrons. The molecular formula is C78H93F3N6O9. The van der Waals surface area contributed by atoms with Crippen molar-refractivity contribution in [1.82, 2.24) is 28.4 Å². The quantitative estimate of drug-likeness (QED) is 0.0454. The zero-order valence-corrected chi connectivity index (χ0v) is 56.6. The van der Waals surface area contributed by atoms with Crippen LogP contribution in [0.25, 0.3) is 32.7 Å². The lowest BCUT2D eigenvalue weighted by Gasteiger charge is -2.32. The number of unbranched alkanes of at least 4 members (excludes halogenated alkanes) is 1. The van der Waals surface area contributed by atoms with E-state index in [-0.39, 0.29) is 53.1 Å². The summed E-state index contributed by atoms with van der Waals surface area (Å²) in [7, 11) is 4.95. The number of aromatic nitrogens is 3. The van der Waals surface area contributed by atoms with E-state index in [0.717, 1.165) is 233 Å². The van der Waals surface area contributed by atoms with Crippen LogP contribution in [-0.2, 0) is 19.6 Å². The first kappa shape index (κ1) is 70.2. The molecule has 6 heterocycles. The summed E-state index contributed by atoms with van der Waals surface area (Å²) < 4.78 is 79.8. The number of nitrogens with zero attached hydrogens (tertiary/aromatic N) is 6. The highest BCUT2D eigenvalue weighted by Gasteiger charge is 2.25. The standard InChI is InChI=1S/C28H35FN2O3.2C25H29FN2O3/c1-3-4-6-28(32)26-20-31(27-12-11-24(33-2)19-25(26)27)16-5-15-30-17-13-23(14-18-30)34-22-9-7-21(29)8-10-22;1-18(29)24-17-28(25-9-8-22(30-2)16-23(24)25)13-3-12-27-14-10-21(11-15-27)31-20-6-4-19(26)5-7-20;1-18(29)24-17-28(25-16-22(30-2)8-9-23(24)25)13-3-12-27-14-10-21(11-15-27)31-20-6-4-19(26)5-7-20/h7-12,19-20,23H,3-6,13-18H2,1-2H3;2*4-9,16-17,21H,3,10-15H2,1-2H3. The number of fused-ring (bicyclic) bond motifs is 3. The highest BCUT2D eigenvalue weighted by molar-refractivity contribution is 6.09. The maximum absolute atomic E-state index is 13.1. The molecule has 0 amide bonds. The van der Waals surface area contributed by atoms with Crippen molar-refractivity contribution >= 4 is 50.1 Å². The lowest BCUT2D eigenvalue weighted by molar-refractivity contribution is 0.0977. The van der Waals surface area contributed by atoms with Crippen molar-refractivity contribution in [2.24, 2.45) is 0 Å². The third-order valence-corrected chi connectivity index (χ3v) is 18.7. The maximum atomic E-state index is 13.1. The Morgan fingerprint density at radius 3 is 1.07 bits per heavy atom. The Morgan fingerprint density at radius 1 is 0.385 bits per heavy atom. The summed E-state index contributed by atoms with van der Waals surface area (Å²) in [6, 6.07) is 36.5. The van der Waals surface area contributed by atoms with Crippen molar-refractivity contribution < 1.29 is 56.0 Å². The first-order chi connectivity index (χ1) is 46.6. The number of carbonyl (C=O) groups excluding carboxylic acids is 3. The zero-order chi connectivity index (χ0) is 67.5. The normalized spacial score (nSPS) is 15.2. The van der Waals surface area contributed by atoms with E-state index < -0.39 is 0 Å². The van der Waals surface area contributed by atoms with Crippen LogP contribution in [0.4, 0.5) is 13.2 Å². The molecule has 12 rings (SSSR count). The Hall–Kier alpha value is -8.58. The van der Waals surface area contributed by atoms with Crippen molar-refractivity contribution in [1.29, 1.82) is 0 Å². The minimum atomic E-state index is -0.244. The zero-order valence-electron chi connectivity index (χ0n) is 56.6. The molecule has 15 nitrogen and oxygen atoms in total. The summed E-state index contributed by atoms with van der Waals surface area (Å²) in [5.74, 6) is 4.17. The number of hydrogen-bond acceptors (Lipinski definition) is 12. The van der Waals surface area contributed by atoms with E-state index in [9.17, 15) is 27.6 Å². The predicted octanol–water partition coefficient (Wildman–Crippen LogP) is 15.9. The number of likely N-dealkylation sites (tertiary alicyclic amines) is 3. The molecule has 6 aromatic carbocycles. The number of aryl methyl sites for hydroxylation is 3. The van der Waals surface area contributed by atoms with Crippen LogP contribution in [0.15, 0.2) is 146 Å². The van der Waals surface area contributed by atoms with Gasteiger partial charge in [-0.3, -0.25) is 14.4 Å². The largest absolute Gasteiger partial charge is 0.497 e. The second-order valence-electron chi connectivity index (χ2n) is 25.4. The van der Waals surface area contributed by atoms with Crippen molar-refractivity contribution in [3.05, 3.63) is 180 Å². The fourth-order valence-corrected chi connectivity index (χ4v) is 13.3. The molecule has 3 aliphatic rings. The number of ketones is 3. The number of carbonyl (C=O) groups is 3. The lowest BCUT2D eigenvalue weighted by Crippen LogP contribution is -2.38. The van der Waals surface area contributed by atoms with Gasteiger partial charge in [-0.25, -0.2) is 13.2 Å². The SMILES string of the molecule is CCCCC(=O)c1cn(CCCN2CCC(Oc3ccc(F)cc3)CC2)c2ccc(OC)cc12.COc1ccc2c(C(C)=O)cn(CCCN3CCC(Oc4ccc(F)cc4)CC3)c2c1.COc1ccc2c(c1)c(C(C)=O)cn2CCCN1CCC(Oc2ccc(F)cc2)CC1. The highest BCUT2D eigenvalue weighted by atomic mass is 19.1. The number of benzene rings is 6. The highest BCUT2D eigenvalue weighted by Crippen LogP contribution is 2.32. The van der Waals surface area contributed by atoms with Gasteiger partial charge in [0.2, 0.25) is 0 Å². The number of halogens is 3. The fourth-order valence-electron chi connectivity index (χ4n) is 13.3. The van der Waals surface area contributed by atoms with Gasteiger partial charge in [0, 0.05) is 134 Å². The van der Waals surface area contributed by atoms with Gasteiger partial charge in [0.05, 0.1) is 26.8 Å².